The van der Waals surface area contributed by atoms with E-state index in [0.717, 1.165) is 25.7 Å². The van der Waals surface area contributed by atoms with Crippen molar-refractivity contribution in [2.75, 3.05) is 0 Å². The molecule has 1 saturated heterocycles. The molecule has 1 aliphatic carbocycles. The Morgan fingerprint density at radius 1 is 1.43 bits per heavy atom. The molecule has 0 bridgehead atoms. The highest BCUT2D eigenvalue weighted by molar-refractivity contribution is 5.90. The van der Waals surface area contributed by atoms with Crippen LogP contribution in [0.25, 0.3) is 0 Å². The molecule has 0 aromatic rings. The van der Waals surface area contributed by atoms with Crippen molar-refractivity contribution in [3.05, 3.63) is 17.1 Å². The minimum absolute atomic E-state index is 0.0896. The van der Waals surface area contributed by atoms with Gasteiger partial charge in [0.1, 0.15) is 5.60 Å². The van der Waals surface area contributed by atoms with Crippen LogP contribution in [0.4, 0.5) is 0 Å². The highest BCUT2D eigenvalue weighted by Crippen LogP contribution is 2.42. The predicted molar refractivity (Wildman–Crippen MR) is 50.6 cm³/mol. The summed E-state index contributed by atoms with van der Waals surface area (Å²) in [4.78, 5) is 21.5. The number of carbonyl (C=O) groups is 1. The zero-order valence-electron chi connectivity index (χ0n) is 7.99. The van der Waals surface area contributed by atoms with E-state index < -0.39 is 0 Å². The summed E-state index contributed by atoms with van der Waals surface area (Å²) in [5, 5.41) is 3.03. The minimum Gasteiger partial charge on any atom is -0.455 e. The van der Waals surface area contributed by atoms with Gasteiger partial charge in [-0.05, 0) is 25.7 Å². The Morgan fingerprint density at radius 2 is 2.07 bits per heavy atom. The molecule has 2 fully saturated rings. The second kappa shape index (κ2) is 3.19. The Kier molecular flexibility index (Phi) is 2.13. The molecule has 0 unspecified atom stereocenters. The number of rotatable bonds is 1. The first-order valence-electron chi connectivity index (χ1n) is 4.89. The molecule has 2 rings (SSSR count). The standard InChI is InChI=1S/C10H13NO3/c1-7-6-10(14-9(7)12)4-2-8(11-13)3-5-10/h8H,1-6H2. The van der Waals surface area contributed by atoms with Crippen LogP contribution in [0.1, 0.15) is 32.1 Å². The van der Waals surface area contributed by atoms with Gasteiger partial charge in [-0.15, -0.1) is 0 Å². The summed E-state index contributed by atoms with van der Waals surface area (Å²) in [6, 6.07) is -0.0896. The summed E-state index contributed by atoms with van der Waals surface area (Å²) < 4.78 is 5.31. The van der Waals surface area contributed by atoms with Crippen LogP contribution in [-0.2, 0) is 9.53 Å². The number of esters is 1. The Hall–Kier alpha value is -1.19. The fourth-order valence-electron chi connectivity index (χ4n) is 2.28. The minimum atomic E-state index is -0.352. The second-order valence-electron chi connectivity index (χ2n) is 4.19. The van der Waals surface area contributed by atoms with E-state index in [4.69, 9.17) is 4.74 Å². The number of nitrogens with zero attached hydrogens (tertiary/aromatic N) is 1. The van der Waals surface area contributed by atoms with Gasteiger partial charge in [0, 0.05) is 12.0 Å². The molecule has 1 saturated carbocycles. The molecule has 0 aromatic carbocycles. The van der Waals surface area contributed by atoms with Crippen molar-refractivity contribution in [2.45, 2.75) is 43.7 Å². The van der Waals surface area contributed by atoms with Gasteiger partial charge in [-0.25, -0.2) is 4.79 Å². The van der Waals surface area contributed by atoms with Gasteiger partial charge in [-0.1, -0.05) is 11.8 Å². The van der Waals surface area contributed by atoms with Crippen molar-refractivity contribution < 1.29 is 9.53 Å². The lowest BCUT2D eigenvalue weighted by Gasteiger charge is -2.32. The largest absolute Gasteiger partial charge is 0.455 e. The average molecular weight is 195 g/mol. The summed E-state index contributed by atoms with van der Waals surface area (Å²) in [6.07, 6.45) is 3.56. The molecule has 14 heavy (non-hydrogen) atoms. The van der Waals surface area contributed by atoms with E-state index in [1.54, 1.807) is 0 Å². The molecule has 0 amide bonds. The Bertz CT molecular complexity index is 272. The van der Waals surface area contributed by atoms with Crippen LogP contribution in [0, 0.1) is 4.91 Å². The van der Waals surface area contributed by atoms with Crippen LogP contribution in [0.2, 0.25) is 0 Å². The van der Waals surface area contributed by atoms with Crippen LogP contribution in [0.15, 0.2) is 17.3 Å². The number of hydrogen-bond donors (Lipinski definition) is 0. The topological polar surface area (TPSA) is 55.7 Å². The Morgan fingerprint density at radius 3 is 2.50 bits per heavy atom. The van der Waals surface area contributed by atoms with E-state index in [1.807, 2.05) is 0 Å². The molecule has 1 aliphatic heterocycles. The van der Waals surface area contributed by atoms with Crippen LogP contribution >= 0.6 is 0 Å². The van der Waals surface area contributed by atoms with Crippen LogP contribution in [0.3, 0.4) is 0 Å². The van der Waals surface area contributed by atoms with Crippen molar-refractivity contribution in [2.24, 2.45) is 5.18 Å². The third-order valence-corrected chi connectivity index (χ3v) is 3.15. The first kappa shape index (κ1) is 9.37. The van der Waals surface area contributed by atoms with Crippen molar-refractivity contribution in [3.63, 3.8) is 0 Å². The van der Waals surface area contributed by atoms with E-state index in [0.29, 0.717) is 12.0 Å². The summed E-state index contributed by atoms with van der Waals surface area (Å²) in [6.45, 7) is 3.66. The summed E-state index contributed by atoms with van der Waals surface area (Å²) in [5.74, 6) is -0.275. The van der Waals surface area contributed by atoms with E-state index in [-0.39, 0.29) is 17.6 Å². The lowest BCUT2D eigenvalue weighted by molar-refractivity contribution is -0.149. The monoisotopic (exact) mass is 195 g/mol. The number of ether oxygens (including phenoxy) is 1. The maximum absolute atomic E-state index is 11.2. The molecule has 76 valence electrons. The van der Waals surface area contributed by atoms with Gasteiger partial charge in [0.05, 0.1) is 6.04 Å². The van der Waals surface area contributed by atoms with Crippen molar-refractivity contribution in [1.29, 1.82) is 0 Å². The van der Waals surface area contributed by atoms with Crippen molar-refractivity contribution >= 4 is 5.97 Å². The fraction of sp³-hybridized carbons (Fsp3) is 0.700. The maximum atomic E-state index is 11.2. The number of hydrogen-bond acceptors (Lipinski definition) is 4. The zero-order valence-corrected chi connectivity index (χ0v) is 7.99. The Balaban J connectivity index is 2.04. The highest BCUT2D eigenvalue weighted by Gasteiger charge is 2.45. The predicted octanol–water partition coefficient (Wildman–Crippen LogP) is 1.94. The van der Waals surface area contributed by atoms with Gasteiger partial charge < -0.3 is 4.74 Å². The first-order chi connectivity index (χ1) is 6.65. The lowest BCUT2D eigenvalue weighted by atomic mass is 9.80. The smallest absolute Gasteiger partial charge is 0.334 e. The average Bonchev–Trinajstić information content (AvgIpc) is 2.44. The summed E-state index contributed by atoms with van der Waals surface area (Å²) in [5.41, 5.74) is 0.206. The quantitative estimate of drug-likeness (QED) is 0.365. The van der Waals surface area contributed by atoms with Crippen LogP contribution in [0.5, 0.6) is 0 Å². The van der Waals surface area contributed by atoms with Crippen molar-refractivity contribution in [3.8, 4) is 0 Å². The molecule has 1 spiro atoms. The first-order valence-corrected chi connectivity index (χ1v) is 4.89. The molecular weight excluding hydrogens is 182 g/mol. The van der Waals surface area contributed by atoms with Gasteiger partial charge in [-0.2, -0.15) is 4.91 Å². The fourth-order valence-corrected chi connectivity index (χ4v) is 2.28. The van der Waals surface area contributed by atoms with Crippen LogP contribution < -0.4 is 0 Å². The van der Waals surface area contributed by atoms with E-state index >= 15 is 0 Å². The summed E-state index contributed by atoms with van der Waals surface area (Å²) in [7, 11) is 0. The second-order valence-corrected chi connectivity index (χ2v) is 4.19. The zero-order chi connectivity index (χ0) is 10.2. The third kappa shape index (κ3) is 1.45. The molecule has 4 nitrogen and oxygen atoms in total. The molecule has 0 aromatic heterocycles. The van der Waals surface area contributed by atoms with Gasteiger partial charge in [0.2, 0.25) is 0 Å². The van der Waals surface area contributed by atoms with Gasteiger partial charge in [-0.3, -0.25) is 0 Å². The third-order valence-electron chi connectivity index (χ3n) is 3.15. The van der Waals surface area contributed by atoms with Gasteiger partial charge in [0.25, 0.3) is 0 Å². The SMILES string of the molecule is C=C1CC2(CCC(N=O)CC2)OC1=O. The highest BCUT2D eigenvalue weighted by atomic mass is 16.6. The number of carbonyl (C=O) groups excluding carboxylic acids is 1. The normalized spacial score (nSPS) is 37.3. The van der Waals surface area contributed by atoms with Gasteiger partial charge >= 0.3 is 5.97 Å². The van der Waals surface area contributed by atoms with Gasteiger partial charge in [0.15, 0.2) is 0 Å². The molecule has 4 heteroatoms. The van der Waals surface area contributed by atoms with E-state index in [9.17, 15) is 9.70 Å². The van der Waals surface area contributed by atoms with E-state index in [1.165, 1.54) is 0 Å². The molecule has 1 heterocycles. The number of nitroso groups, excluding NO2 is 1. The Labute approximate surface area is 82.3 Å². The summed E-state index contributed by atoms with van der Waals surface area (Å²) >= 11 is 0. The van der Waals surface area contributed by atoms with E-state index in [2.05, 4.69) is 11.8 Å². The molecule has 2 aliphatic rings. The van der Waals surface area contributed by atoms with Crippen LogP contribution in [-0.4, -0.2) is 17.6 Å². The maximum Gasteiger partial charge on any atom is 0.334 e. The molecule has 0 atom stereocenters. The van der Waals surface area contributed by atoms with Crippen molar-refractivity contribution in [1.82, 2.24) is 0 Å². The molecule has 0 N–H and O–H groups in total. The molecular formula is C10H13NO3. The molecule has 0 radical (unpaired) electrons. The lowest BCUT2D eigenvalue weighted by Crippen LogP contribution is -2.34.